The fourth-order valence-electron chi connectivity index (χ4n) is 3.30. The predicted octanol–water partition coefficient (Wildman–Crippen LogP) is 4.22. The summed E-state index contributed by atoms with van der Waals surface area (Å²) in [6.07, 6.45) is 2.15. The molecule has 2 aromatic carbocycles. The lowest BCUT2D eigenvalue weighted by Gasteiger charge is -2.20. The number of hydrazone groups is 1. The van der Waals surface area contributed by atoms with Gasteiger partial charge < -0.3 is 14.8 Å². The Kier molecular flexibility index (Phi) is 5.64. The SMILES string of the molecule is O=C(CNc1cccc(CO)c1)N1N=C(c2ccc(Cl)cc2)CC1c1ccco1. The molecule has 2 N–H and O–H groups in total. The molecular formula is C22H20ClN3O3. The molecule has 0 saturated carbocycles. The first-order valence-corrected chi connectivity index (χ1v) is 9.64. The Morgan fingerprint density at radius 1 is 1.21 bits per heavy atom. The van der Waals surface area contributed by atoms with Crippen molar-refractivity contribution in [2.45, 2.75) is 19.1 Å². The molecule has 0 aliphatic carbocycles. The fourth-order valence-corrected chi connectivity index (χ4v) is 3.42. The number of aliphatic hydroxyl groups is 1. The molecule has 0 fully saturated rings. The maximum atomic E-state index is 13.0. The van der Waals surface area contributed by atoms with E-state index in [1.54, 1.807) is 12.3 Å². The lowest BCUT2D eigenvalue weighted by Crippen LogP contribution is -2.32. The Bertz CT molecular complexity index is 1020. The Labute approximate surface area is 173 Å². The van der Waals surface area contributed by atoms with Crippen molar-refractivity contribution in [1.29, 1.82) is 0 Å². The van der Waals surface area contributed by atoms with Crippen LogP contribution in [-0.4, -0.2) is 28.3 Å². The van der Waals surface area contributed by atoms with E-state index in [1.807, 2.05) is 54.6 Å². The van der Waals surface area contributed by atoms with Crippen molar-refractivity contribution in [1.82, 2.24) is 5.01 Å². The minimum absolute atomic E-state index is 0.0507. The van der Waals surface area contributed by atoms with Crippen LogP contribution in [0, 0.1) is 0 Å². The molecule has 29 heavy (non-hydrogen) atoms. The van der Waals surface area contributed by atoms with Crippen molar-refractivity contribution in [3.8, 4) is 0 Å². The number of anilines is 1. The summed E-state index contributed by atoms with van der Waals surface area (Å²) in [5, 5.41) is 19.1. The monoisotopic (exact) mass is 409 g/mol. The van der Waals surface area contributed by atoms with Gasteiger partial charge in [-0.05, 0) is 47.5 Å². The molecule has 1 aromatic heterocycles. The highest BCUT2D eigenvalue weighted by Crippen LogP contribution is 2.33. The minimum Gasteiger partial charge on any atom is -0.467 e. The van der Waals surface area contributed by atoms with Gasteiger partial charge in [0.05, 0.1) is 25.1 Å². The zero-order valence-corrected chi connectivity index (χ0v) is 16.3. The first-order chi connectivity index (χ1) is 14.1. The lowest BCUT2D eigenvalue weighted by atomic mass is 10.0. The normalized spacial score (nSPS) is 16.0. The van der Waals surface area contributed by atoms with E-state index in [-0.39, 0.29) is 25.1 Å². The molecule has 148 valence electrons. The van der Waals surface area contributed by atoms with Crippen LogP contribution in [0.4, 0.5) is 5.69 Å². The third kappa shape index (κ3) is 4.34. The Balaban J connectivity index is 1.54. The van der Waals surface area contributed by atoms with Gasteiger partial charge in [0.25, 0.3) is 5.91 Å². The number of carbonyl (C=O) groups excluding carboxylic acids is 1. The van der Waals surface area contributed by atoms with E-state index in [9.17, 15) is 9.90 Å². The summed E-state index contributed by atoms with van der Waals surface area (Å²) in [7, 11) is 0. The molecule has 6 nitrogen and oxygen atoms in total. The van der Waals surface area contributed by atoms with E-state index >= 15 is 0 Å². The van der Waals surface area contributed by atoms with Gasteiger partial charge in [-0.15, -0.1) is 0 Å². The highest BCUT2D eigenvalue weighted by molar-refractivity contribution is 6.30. The number of nitrogens with one attached hydrogen (secondary N) is 1. The standard InChI is InChI=1S/C22H20ClN3O3/c23-17-8-6-16(7-9-17)19-12-20(21-5-2-10-29-21)26(25-19)22(28)13-24-18-4-1-3-15(11-18)14-27/h1-11,20,24,27H,12-14H2. The summed E-state index contributed by atoms with van der Waals surface area (Å²) in [4.78, 5) is 13.0. The van der Waals surface area contributed by atoms with Crippen molar-refractivity contribution < 1.29 is 14.3 Å². The largest absolute Gasteiger partial charge is 0.467 e. The van der Waals surface area contributed by atoms with Gasteiger partial charge in [-0.25, -0.2) is 5.01 Å². The van der Waals surface area contributed by atoms with Crippen LogP contribution in [0.25, 0.3) is 0 Å². The second-order valence-electron chi connectivity index (χ2n) is 6.74. The maximum absolute atomic E-state index is 13.0. The van der Waals surface area contributed by atoms with Crippen molar-refractivity contribution >= 4 is 28.9 Å². The van der Waals surface area contributed by atoms with Crippen LogP contribution in [-0.2, 0) is 11.4 Å². The smallest absolute Gasteiger partial charge is 0.262 e. The van der Waals surface area contributed by atoms with Crippen LogP contribution in [0.2, 0.25) is 5.02 Å². The minimum atomic E-state index is -0.297. The summed E-state index contributed by atoms with van der Waals surface area (Å²) in [5.41, 5.74) is 3.27. The Morgan fingerprint density at radius 2 is 2.03 bits per heavy atom. The predicted molar refractivity (Wildman–Crippen MR) is 112 cm³/mol. The molecule has 2 heterocycles. The highest BCUT2D eigenvalue weighted by atomic mass is 35.5. The summed E-state index contributed by atoms with van der Waals surface area (Å²) >= 11 is 5.99. The summed E-state index contributed by atoms with van der Waals surface area (Å²) < 4.78 is 5.56. The molecule has 1 amide bonds. The number of benzene rings is 2. The number of rotatable bonds is 6. The number of furan rings is 1. The second-order valence-corrected chi connectivity index (χ2v) is 7.18. The van der Waals surface area contributed by atoms with Gasteiger partial charge in [-0.1, -0.05) is 35.9 Å². The molecule has 1 aliphatic rings. The molecule has 0 bridgehead atoms. The quantitative estimate of drug-likeness (QED) is 0.639. The topological polar surface area (TPSA) is 78.1 Å². The number of aliphatic hydroxyl groups excluding tert-OH is 1. The molecule has 0 spiro atoms. The number of hydrogen-bond acceptors (Lipinski definition) is 5. The highest BCUT2D eigenvalue weighted by Gasteiger charge is 2.34. The summed E-state index contributed by atoms with van der Waals surface area (Å²) in [5.74, 6) is 0.512. The second kappa shape index (κ2) is 8.51. The molecule has 1 atom stereocenters. The number of carbonyl (C=O) groups is 1. The molecule has 7 heteroatoms. The number of amides is 1. The van der Waals surface area contributed by atoms with Crippen LogP contribution in [0.3, 0.4) is 0 Å². The number of nitrogens with zero attached hydrogens (tertiary/aromatic N) is 2. The number of halogens is 1. The van der Waals surface area contributed by atoms with Crippen molar-refractivity contribution in [2.24, 2.45) is 5.10 Å². The van der Waals surface area contributed by atoms with Gasteiger partial charge in [0.15, 0.2) is 0 Å². The molecule has 1 aliphatic heterocycles. The molecular weight excluding hydrogens is 390 g/mol. The van der Waals surface area contributed by atoms with Crippen molar-refractivity contribution in [3.63, 3.8) is 0 Å². The van der Waals surface area contributed by atoms with Crippen LogP contribution >= 0.6 is 11.6 Å². The average Bonchev–Trinajstić information content (AvgIpc) is 3.42. The molecule has 1 unspecified atom stereocenters. The molecule has 3 aromatic rings. The maximum Gasteiger partial charge on any atom is 0.262 e. The van der Waals surface area contributed by atoms with E-state index < -0.39 is 0 Å². The van der Waals surface area contributed by atoms with Crippen LogP contribution in [0.5, 0.6) is 0 Å². The molecule has 4 rings (SSSR count). The van der Waals surface area contributed by atoms with E-state index in [0.717, 1.165) is 22.5 Å². The Morgan fingerprint density at radius 3 is 2.76 bits per heavy atom. The number of hydrogen-bond donors (Lipinski definition) is 2. The molecule has 0 radical (unpaired) electrons. The molecule has 0 saturated heterocycles. The fraction of sp³-hybridized carbons (Fsp3) is 0.182. The summed E-state index contributed by atoms with van der Waals surface area (Å²) in [6, 6.07) is 18.1. The zero-order valence-electron chi connectivity index (χ0n) is 15.6. The third-order valence-corrected chi connectivity index (χ3v) is 5.02. The van der Waals surface area contributed by atoms with E-state index in [4.69, 9.17) is 16.0 Å². The van der Waals surface area contributed by atoms with Gasteiger partial charge in [0, 0.05) is 17.1 Å². The van der Waals surface area contributed by atoms with Crippen LogP contribution in [0.15, 0.2) is 76.4 Å². The van der Waals surface area contributed by atoms with Crippen LogP contribution in [0.1, 0.15) is 29.3 Å². The van der Waals surface area contributed by atoms with Crippen LogP contribution < -0.4 is 5.32 Å². The lowest BCUT2D eigenvalue weighted by molar-refractivity contribution is -0.131. The van der Waals surface area contributed by atoms with Gasteiger partial charge in [-0.3, -0.25) is 4.79 Å². The third-order valence-electron chi connectivity index (χ3n) is 4.77. The first-order valence-electron chi connectivity index (χ1n) is 9.26. The van der Waals surface area contributed by atoms with E-state index in [0.29, 0.717) is 17.2 Å². The van der Waals surface area contributed by atoms with E-state index in [1.165, 1.54) is 5.01 Å². The first kappa shape index (κ1) is 19.2. The average molecular weight is 410 g/mol. The van der Waals surface area contributed by atoms with E-state index in [2.05, 4.69) is 10.4 Å². The Hall–Kier alpha value is -3.09. The van der Waals surface area contributed by atoms with Gasteiger partial charge >= 0.3 is 0 Å². The van der Waals surface area contributed by atoms with Crippen molar-refractivity contribution in [3.05, 3.63) is 88.8 Å². The van der Waals surface area contributed by atoms with Gasteiger partial charge in [-0.2, -0.15) is 5.10 Å². The van der Waals surface area contributed by atoms with Crippen molar-refractivity contribution in [2.75, 3.05) is 11.9 Å². The van der Waals surface area contributed by atoms with Gasteiger partial charge in [0.1, 0.15) is 11.8 Å². The zero-order chi connectivity index (χ0) is 20.2. The summed E-state index contributed by atoms with van der Waals surface area (Å²) in [6.45, 7) is 0.0222. The van der Waals surface area contributed by atoms with Gasteiger partial charge in [0.2, 0.25) is 0 Å².